The summed E-state index contributed by atoms with van der Waals surface area (Å²) in [6, 6.07) is 0. The van der Waals surface area contributed by atoms with Gasteiger partial charge in [-0.3, -0.25) is 0 Å². The number of hydrogen-bond donors (Lipinski definition) is 2. The van der Waals surface area contributed by atoms with Crippen molar-refractivity contribution in [3.05, 3.63) is 5.21 Å². The van der Waals surface area contributed by atoms with Gasteiger partial charge in [0.1, 0.15) is 24.0 Å². The Morgan fingerprint density at radius 2 is 1.91 bits per heavy atom. The highest BCUT2D eigenvalue weighted by Crippen LogP contribution is 2.40. The van der Waals surface area contributed by atoms with Crippen molar-refractivity contribution in [2.45, 2.75) is 91.6 Å². The molecule has 5 heteroatoms. The van der Waals surface area contributed by atoms with Gasteiger partial charge in [-0.25, -0.2) is 5.23 Å². The SMILES string of the molecule is CCC(CC[NH+]([O-])OC(C)(C)C(C)C)C(C)CC1OC1(N)CC. The number of hydroxylamine groups is 2. The first-order valence-electron chi connectivity index (χ1n) is 9.24. The van der Waals surface area contributed by atoms with Crippen LogP contribution in [0.25, 0.3) is 0 Å². The van der Waals surface area contributed by atoms with E-state index in [1.165, 1.54) is 0 Å². The predicted octanol–water partition coefficient (Wildman–Crippen LogP) is 2.64. The second-order valence-corrected chi connectivity index (χ2v) is 8.07. The molecule has 1 aliphatic heterocycles. The van der Waals surface area contributed by atoms with Crippen LogP contribution in [0.5, 0.6) is 0 Å². The fourth-order valence-electron chi connectivity index (χ4n) is 2.98. The standard InChI is InChI=1S/C18H38N2O3/c1-8-15(14(5)12-16-18(19,9-2)22-16)10-11-20(21)23-17(6,7)13(3)4/h13-16,20H,8-12,19H2,1-7H3. The molecule has 0 spiro atoms. The van der Waals surface area contributed by atoms with Crippen LogP contribution in [0.2, 0.25) is 0 Å². The minimum atomic E-state index is -0.396. The van der Waals surface area contributed by atoms with Crippen molar-refractivity contribution in [2.75, 3.05) is 6.54 Å². The molecule has 5 atom stereocenters. The Balaban J connectivity index is 2.38. The fraction of sp³-hybridized carbons (Fsp3) is 1.00. The van der Waals surface area contributed by atoms with E-state index in [0.717, 1.165) is 25.7 Å². The second-order valence-electron chi connectivity index (χ2n) is 8.07. The zero-order valence-corrected chi connectivity index (χ0v) is 16.1. The van der Waals surface area contributed by atoms with E-state index in [0.29, 0.717) is 24.3 Å². The van der Waals surface area contributed by atoms with E-state index < -0.39 is 11.3 Å². The van der Waals surface area contributed by atoms with Gasteiger partial charge in [-0.15, -0.1) is 0 Å². The Hall–Kier alpha value is -0.200. The molecule has 0 aromatic heterocycles. The van der Waals surface area contributed by atoms with E-state index in [1.54, 1.807) is 0 Å². The molecule has 0 aromatic rings. The summed E-state index contributed by atoms with van der Waals surface area (Å²) in [5, 5.41) is 12.0. The van der Waals surface area contributed by atoms with E-state index in [4.69, 9.17) is 15.3 Å². The van der Waals surface area contributed by atoms with Crippen molar-refractivity contribution in [1.82, 2.24) is 0 Å². The van der Waals surface area contributed by atoms with Gasteiger partial charge in [0.05, 0.1) is 0 Å². The fourth-order valence-corrected chi connectivity index (χ4v) is 2.98. The number of rotatable bonds is 11. The number of nitrogens with two attached hydrogens (primary N) is 1. The molecule has 0 radical (unpaired) electrons. The third kappa shape index (κ3) is 5.98. The molecule has 0 bridgehead atoms. The summed E-state index contributed by atoms with van der Waals surface area (Å²) in [6.45, 7) is 15.1. The van der Waals surface area contributed by atoms with Crippen LogP contribution in [0.4, 0.5) is 0 Å². The number of epoxide rings is 1. The number of nitrogens with one attached hydrogen (secondary N) is 1. The van der Waals surface area contributed by atoms with Crippen LogP contribution in [0.3, 0.4) is 0 Å². The zero-order valence-electron chi connectivity index (χ0n) is 16.1. The molecular formula is C18H38N2O3. The Morgan fingerprint density at radius 1 is 1.30 bits per heavy atom. The molecule has 3 N–H and O–H groups in total. The third-order valence-corrected chi connectivity index (χ3v) is 5.80. The molecule has 1 fully saturated rings. The van der Waals surface area contributed by atoms with E-state index in [9.17, 15) is 5.21 Å². The monoisotopic (exact) mass is 330 g/mol. The van der Waals surface area contributed by atoms with Crippen molar-refractivity contribution in [2.24, 2.45) is 23.5 Å². The van der Waals surface area contributed by atoms with Crippen LogP contribution in [0.1, 0.15) is 74.1 Å². The molecule has 5 nitrogen and oxygen atoms in total. The largest absolute Gasteiger partial charge is 0.600 e. The molecule has 0 amide bonds. The van der Waals surface area contributed by atoms with Gasteiger partial charge in [-0.05, 0) is 44.4 Å². The quantitative estimate of drug-likeness (QED) is 0.451. The van der Waals surface area contributed by atoms with Gasteiger partial charge in [-0.1, -0.05) is 41.0 Å². The topological polar surface area (TPSA) is 75.3 Å². The first-order chi connectivity index (χ1) is 10.6. The summed E-state index contributed by atoms with van der Waals surface area (Å²) in [5.74, 6) is 1.33. The van der Waals surface area contributed by atoms with Crippen LogP contribution in [0.15, 0.2) is 0 Å². The molecule has 23 heavy (non-hydrogen) atoms. The van der Waals surface area contributed by atoms with Crippen molar-refractivity contribution in [3.8, 4) is 0 Å². The Kier molecular flexibility index (Phi) is 7.48. The number of hydrogen-bond acceptors (Lipinski definition) is 4. The van der Waals surface area contributed by atoms with E-state index in [1.807, 2.05) is 13.8 Å². The van der Waals surface area contributed by atoms with Gasteiger partial charge in [0.25, 0.3) is 0 Å². The van der Waals surface area contributed by atoms with Gasteiger partial charge >= 0.3 is 0 Å². The first-order valence-corrected chi connectivity index (χ1v) is 9.24. The highest BCUT2D eigenvalue weighted by Gasteiger charge is 2.52. The average molecular weight is 331 g/mol. The highest BCUT2D eigenvalue weighted by atomic mass is 16.9. The van der Waals surface area contributed by atoms with Crippen LogP contribution >= 0.6 is 0 Å². The minimum Gasteiger partial charge on any atom is -0.600 e. The maximum absolute atomic E-state index is 12.1. The summed E-state index contributed by atoms with van der Waals surface area (Å²) >= 11 is 0. The second kappa shape index (κ2) is 8.26. The van der Waals surface area contributed by atoms with Gasteiger partial charge in [-0.2, -0.15) is 4.84 Å². The number of quaternary nitrogens is 1. The lowest BCUT2D eigenvalue weighted by atomic mass is 9.84. The summed E-state index contributed by atoms with van der Waals surface area (Å²) in [4.78, 5) is 5.63. The van der Waals surface area contributed by atoms with Crippen LogP contribution < -0.4 is 11.0 Å². The summed E-state index contributed by atoms with van der Waals surface area (Å²) < 4.78 is 5.62. The highest BCUT2D eigenvalue weighted by molar-refractivity contribution is 4.97. The van der Waals surface area contributed by atoms with Crippen LogP contribution in [0, 0.1) is 23.0 Å². The molecule has 0 aliphatic carbocycles. The Labute approximate surface area is 142 Å². The average Bonchev–Trinajstić information content (AvgIpc) is 3.09. The van der Waals surface area contributed by atoms with Gasteiger partial charge < -0.3 is 15.7 Å². The van der Waals surface area contributed by atoms with E-state index in [-0.39, 0.29) is 11.3 Å². The predicted molar refractivity (Wildman–Crippen MR) is 93.5 cm³/mol. The molecule has 1 rings (SSSR count). The molecule has 0 aromatic carbocycles. The van der Waals surface area contributed by atoms with E-state index >= 15 is 0 Å². The zero-order chi connectivity index (χ0) is 17.8. The number of ether oxygens (including phenoxy) is 1. The lowest BCUT2D eigenvalue weighted by Gasteiger charge is -2.34. The minimum absolute atomic E-state index is 0.0845. The van der Waals surface area contributed by atoms with Gasteiger partial charge in [0, 0.05) is 6.42 Å². The molecule has 1 saturated heterocycles. The first kappa shape index (κ1) is 20.8. The van der Waals surface area contributed by atoms with Gasteiger partial charge in [0.15, 0.2) is 0 Å². The van der Waals surface area contributed by atoms with Crippen molar-refractivity contribution in [1.29, 1.82) is 0 Å². The van der Waals surface area contributed by atoms with Crippen LogP contribution in [-0.2, 0) is 9.57 Å². The molecule has 5 unspecified atom stereocenters. The third-order valence-electron chi connectivity index (χ3n) is 5.80. The molecule has 138 valence electrons. The van der Waals surface area contributed by atoms with Crippen LogP contribution in [-0.4, -0.2) is 24.0 Å². The Bertz CT molecular complexity index is 362. The lowest BCUT2D eigenvalue weighted by molar-refractivity contribution is -1.06. The maximum atomic E-state index is 12.1. The molecule has 1 aliphatic rings. The van der Waals surface area contributed by atoms with Crippen molar-refractivity contribution >= 4 is 0 Å². The molecular weight excluding hydrogens is 292 g/mol. The molecule has 1 heterocycles. The van der Waals surface area contributed by atoms with Crippen molar-refractivity contribution in [3.63, 3.8) is 0 Å². The van der Waals surface area contributed by atoms with E-state index in [2.05, 4.69) is 34.6 Å². The normalized spacial score (nSPS) is 28.7. The summed E-state index contributed by atoms with van der Waals surface area (Å²) in [6.07, 6.45) is 3.97. The smallest absolute Gasteiger partial charge is 0.143 e. The summed E-state index contributed by atoms with van der Waals surface area (Å²) in [7, 11) is 0. The maximum Gasteiger partial charge on any atom is 0.143 e. The lowest BCUT2D eigenvalue weighted by Crippen LogP contribution is -3.07. The van der Waals surface area contributed by atoms with Gasteiger partial charge in [0.2, 0.25) is 0 Å². The Morgan fingerprint density at radius 3 is 2.35 bits per heavy atom. The van der Waals surface area contributed by atoms with Crippen molar-refractivity contribution < 1.29 is 14.8 Å². The molecule has 0 saturated carbocycles. The summed E-state index contributed by atoms with van der Waals surface area (Å²) in [5.41, 5.74) is 5.31.